The van der Waals surface area contributed by atoms with Crippen LogP contribution in [0.2, 0.25) is 10.0 Å². The Morgan fingerprint density at radius 3 is 2.53 bits per heavy atom. The molecule has 5 heteroatoms. The standard InChI is InChI=1S/C14H12Cl2N2O/c1-18(9-10-4-6-17-7-5-10)14(19)12-3-2-11(15)8-13(12)16/h2-8H,9H2,1H3. The number of hydrogen-bond acceptors (Lipinski definition) is 2. The lowest BCUT2D eigenvalue weighted by molar-refractivity contribution is 0.0785. The summed E-state index contributed by atoms with van der Waals surface area (Å²) in [6.45, 7) is 0.500. The second-order valence-corrected chi connectivity index (χ2v) is 4.98. The van der Waals surface area contributed by atoms with Crippen molar-refractivity contribution in [2.75, 3.05) is 7.05 Å². The number of halogens is 2. The summed E-state index contributed by atoms with van der Waals surface area (Å²) >= 11 is 11.8. The predicted molar refractivity (Wildman–Crippen MR) is 76.5 cm³/mol. The van der Waals surface area contributed by atoms with E-state index in [1.54, 1.807) is 42.5 Å². The van der Waals surface area contributed by atoms with Crippen molar-refractivity contribution >= 4 is 29.1 Å². The number of carbonyl (C=O) groups is 1. The number of pyridine rings is 1. The molecule has 0 N–H and O–H groups in total. The van der Waals surface area contributed by atoms with Gasteiger partial charge in [-0.25, -0.2) is 0 Å². The largest absolute Gasteiger partial charge is 0.337 e. The zero-order valence-electron chi connectivity index (χ0n) is 10.3. The van der Waals surface area contributed by atoms with Crippen LogP contribution in [-0.2, 0) is 6.54 Å². The van der Waals surface area contributed by atoms with Crippen LogP contribution in [0.4, 0.5) is 0 Å². The molecule has 0 bridgehead atoms. The van der Waals surface area contributed by atoms with Gasteiger partial charge in [-0.1, -0.05) is 23.2 Å². The summed E-state index contributed by atoms with van der Waals surface area (Å²) in [5.74, 6) is -0.140. The van der Waals surface area contributed by atoms with E-state index in [0.717, 1.165) is 5.56 Å². The fourth-order valence-corrected chi connectivity index (χ4v) is 2.19. The molecule has 0 fully saturated rings. The van der Waals surface area contributed by atoms with Crippen molar-refractivity contribution in [3.8, 4) is 0 Å². The second-order valence-electron chi connectivity index (χ2n) is 4.14. The molecule has 0 saturated heterocycles. The van der Waals surface area contributed by atoms with Crippen LogP contribution < -0.4 is 0 Å². The van der Waals surface area contributed by atoms with E-state index in [2.05, 4.69) is 4.98 Å². The van der Waals surface area contributed by atoms with Crippen LogP contribution in [0, 0.1) is 0 Å². The number of hydrogen-bond donors (Lipinski definition) is 0. The molecule has 98 valence electrons. The maximum absolute atomic E-state index is 12.3. The van der Waals surface area contributed by atoms with Crippen molar-refractivity contribution in [2.24, 2.45) is 0 Å². The predicted octanol–water partition coefficient (Wildman–Crippen LogP) is 3.66. The zero-order valence-corrected chi connectivity index (χ0v) is 11.8. The number of benzene rings is 1. The molecular weight excluding hydrogens is 283 g/mol. The van der Waals surface area contributed by atoms with E-state index >= 15 is 0 Å². The third-order valence-corrected chi connectivity index (χ3v) is 3.23. The Morgan fingerprint density at radius 1 is 1.21 bits per heavy atom. The van der Waals surface area contributed by atoms with Crippen molar-refractivity contribution in [2.45, 2.75) is 6.54 Å². The SMILES string of the molecule is CN(Cc1ccncc1)C(=O)c1ccc(Cl)cc1Cl. The minimum atomic E-state index is -0.140. The van der Waals surface area contributed by atoms with Gasteiger partial charge in [-0.3, -0.25) is 9.78 Å². The number of rotatable bonds is 3. The molecule has 1 heterocycles. The average molecular weight is 295 g/mol. The van der Waals surface area contributed by atoms with Gasteiger partial charge in [-0.2, -0.15) is 0 Å². The van der Waals surface area contributed by atoms with Crippen molar-refractivity contribution in [3.63, 3.8) is 0 Å². The summed E-state index contributed by atoms with van der Waals surface area (Å²) in [5.41, 5.74) is 1.46. The van der Waals surface area contributed by atoms with E-state index in [9.17, 15) is 4.79 Å². The lowest BCUT2D eigenvalue weighted by Gasteiger charge is -2.18. The highest BCUT2D eigenvalue weighted by Gasteiger charge is 2.15. The molecule has 1 amide bonds. The van der Waals surface area contributed by atoms with E-state index < -0.39 is 0 Å². The molecule has 0 radical (unpaired) electrons. The van der Waals surface area contributed by atoms with Gasteiger partial charge in [0, 0.05) is 31.0 Å². The van der Waals surface area contributed by atoms with Crippen molar-refractivity contribution in [1.82, 2.24) is 9.88 Å². The van der Waals surface area contributed by atoms with Gasteiger partial charge in [-0.15, -0.1) is 0 Å². The fourth-order valence-electron chi connectivity index (χ4n) is 1.70. The maximum atomic E-state index is 12.3. The smallest absolute Gasteiger partial charge is 0.255 e. The van der Waals surface area contributed by atoms with Gasteiger partial charge in [-0.05, 0) is 35.9 Å². The monoisotopic (exact) mass is 294 g/mol. The molecule has 1 aromatic carbocycles. The molecule has 0 aliphatic heterocycles. The number of carbonyl (C=O) groups excluding carboxylic acids is 1. The van der Waals surface area contributed by atoms with Crippen molar-refractivity contribution in [3.05, 3.63) is 63.9 Å². The topological polar surface area (TPSA) is 33.2 Å². The molecule has 0 unspecified atom stereocenters. The van der Waals surface area contributed by atoms with E-state index in [4.69, 9.17) is 23.2 Å². The van der Waals surface area contributed by atoms with Crippen LogP contribution in [0.1, 0.15) is 15.9 Å². The summed E-state index contributed by atoms with van der Waals surface area (Å²) in [6, 6.07) is 8.59. The third-order valence-electron chi connectivity index (χ3n) is 2.68. The van der Waals surface area contributed by atoms with Crippen LogP contribution in [0.3, 0.4) is 0 Å². The molecule has 0 atom stereocenters. The minimum Gasteiger partial charge on any atom is -0.337 e. The molecule has 19 heavy (non-hydrogen) atoms. The Labute approximate surface area is 121 Å². The first kappa shape index (κ1) is 13.8. The summed E-state index contributed by atoms with van der Waals surface area (Å²) in [4.78, 5) is 17.8. The first-order valence-electron chi connectivity index (χ1n) is 5.67. The lowest BCUT2D eigenvalue weighted by Crippen LogP contribution is -2.26. The van der Waals surface area contributed by atoms with Crippen molar-refractivity contribution in [1.29, 1.82) is 0 Å². The first-order valence-corrected chi connectivity index (χ1v) is 6.43. The molecule has 1 aromatic heterocycles. The van der Waals surface area contributed by atoms with Crippen LogP contribution in [0.15, 0.2) is 42.7 Å². The Hall–Kier alpha value is -1.58. The van der Waals surface area contributed by atoms with E-state index in [1.165, 1.54) is 0 Å². The number of amides is 1. The molecule has 3 nitrogen and oxygen atoms in total. The Kier molecular flexibility index (Phi) is 4.40. The second kappa shape index (κ2) is 6.04. The quantitative estimate of drug-likeness (QED) is 0.865. The van der Waals surface area contributed by atoms with Crippen LogP contribution in [-0.4, -0.2) is 22.8 Å². The highest BCUT2D eigenvalue weighted by Crippen LogP contribution is 2.22. The minimum absolute atomic E-state index is 0.140. The van der Waals surface area contributed by atoms with E-state index in [-0.39, 0.29) is 5.91 Å². The van der Waals surface area contributed by atoms with Gasteiger partial charge in [0.15, 0.2) is 0 Å². The van der Waals surface area contributed by atoms with E-state index in [1.807, 2.05) is 12.1 Å². The normalized spacial score (nSPS) is 10.3. The molecule has 0 aliphatic carbocycles. The molecule has 0 spiro atoms. The molecule has 0 saturated carbocycles. The summed E-state index contributed by atoms with van der Waals surface area (Å²) in [6.07, 6.45) is 3.39. The van der Waals surface area contributed by atoms with Gasteiger partial charge in [0.05, 0.1) is 10.6 Å². The van der Waals surface area contributed by atoms with Gasteiger partial charge < -0.3 is 4.90 Å². The van der Waals surface area contributed by atoms with Gasteiger partial charge in [0.1, 0.15) is 0 Å². The van der Waals surface area contributed by atoms with Gasteiger partial charge in [0.25, 0.3) is 5.91 Å². The number of aromatic nitrogens is 1. The summed E-state index contributed by atoms with van der Waals surface area (Å²) in [7, 11) is 1.73. The summed E-state index contributed by atoms with van der Waals surface area (Å²) < 4.78 is 0. The van der Waals surface area contributed by atoms with Crippen LogP contribution in [0.5, 0.6) is 0 Å². The number of nitrogens with zero attached hydrogens (tertiary/aromatic N) is 2. The molecule has 2 rings (SSSR count). The highest BCUT2D eigenvalue weighted by molar-refractivity contribution is 6.36. The van der Waals surface area contributed by atoms with Gasteiger partial charge in [0.2, 0.25) is 0 Å². The van der Waals surface area contributed by atoms with E-state index in [0.29, 0.717) is 22.2 Å². The molecule has 2 aromatic rings. The Morgan fingerprint density at radius 2 is 1.89 bits per heavy atom. The van der Waals surface area contributed by atoms with Crippen LogP contribution in [0.25, 0.3) is 0 Å². The fraction of sp³-hybridized carbons (Fsp3) is 0.143. The van der Waals surface area contributed by atoms with Crippen molar-refractivity contribution < 1.29 is 4.79 Å². The Balaban J connectivity index is 2.15. The zero-order chi connectivity index (χ0) is 13.8. The van der Waals surface area contributed by atoms with Gasteiger partial charge >= 0.3 is 0 Å². The molecular formula is C14H12Cl2N2O. The lowest BCUT2D eigenvalue weighted by atomic mass is 10.2. The Bertz CT molecular complexity index is 587. The highest BCUT2D eigenvalue weighted by atomic mass is 35.5. The van der Waals surface area contributed by atoms with Crippen LogP contribution >= 0.6 is 23.2 Å². The maximum Gasteiger partial charge on any atom is 0.255 e. The third kappa shape index (κ3) is 3.46. The summed E-state index contributed by atoms with van der Waals surface area (Å²) in [5, 5.41) is 0.873. The molecule has 0 aliphatic rings. The first-order chi connectivity index (χ1) is 9.08. The average Bonchev–Trinajstić information content (AvgIpc) is 2.39.